The molecule has 0 spiro atoms. The second kappa shape index (κ2) is 12.9. The van der Waals surface area contributed by atoms with E-state index < -0.39 is 0 Å². The summed E-state index contributed by atoms with van der Waals surface area (Å²) in [5, 5.41) is 7.23. The first kappa shape index (κ1) is 31.6. The number of nitrogens with zero attached hydrogens (tertiary/aromatic N) is 2. The Bertz CT molecular complexity index is 3200. The molecule has 11 aromatic rings. The Labute approximate surface area is 322 Å². The van der Waals surface area contributed by atoms with Crippen LogP contribution in [0, 0.1) is 0 Å². The van der Waals surface area contributed by atoms with Crippen LogP contribution in [0.3, 0.4) is 0 Å². The molecule has 0 radical (unpaired) electrons. The predicted octanol–water partition coefficient (Wildman–Crippen LogP) is 14.6. The van der Waals surface area contributed by atoms with Gasteiger partial charge in [-0.1, -0.05) is 164 Å². The maximum Gasteiger partial charge on any atom is 0.0979 e. The molecule has 0 saturated heterocycles. The molecule has 0 aliphatic heterocycles. The third kappa shape index (κ3) is 5.32. The molecule has 256 valence electrons. The van der Waals surface area contributed by atoms with Gasteiger partial charge in [0.15, 0.2) is 0 Å². The first-order valence-electron chi connectivity index (χ1n) is 18.6. The molecule has 0 aliphatic carbocycles. The van der Waals surface area contributed by atoms with Gasteiger partial charge in [-0.2, -0.15) is 0 Å². The monoisotopic (exact) mass is 716 g/mol. The quantitative estimate of drug-likeness (QED) is 0.166. The maximum atomic E-state index is 5.25. The Balaban J connectivity index is 1.05. The van der Waals surface area contributed by atoms with Crippen molar-refractivity contribution in [3.05, 3.63) is 194 Å². The van der Waals surface area contributed by atoms with Crippen LogP contribution < -0.4 is 0 Å². The van der Waals surface area contributed by atoms with Crippen LogP contribution in [-0.2, 0) is 0 Å². The lowest BCUT2D eigenvalue weighted by Crippen LogP contribution is -1.92. The van der Waals surface area contributed by atoms with E-state index in [0.717, 1.165) is 38.6 Å². The van der Waals surface area contributed by atoms with Crippen molar-refractivity contribution in [1.29, 1.82) is 0 Å². The molecule has 0 saturated carbocycles. The Morgan fingerprint density at radius 2 is 0.873 bits per heavy atom. The summed E-state index contributed by atoms with van der Waals surface area (Å²) in [6, 6.07) is 67.8. The van der Waals surface area contributed by atoms with E-state index in [9.17, 15) is 0 Å². The van der Waals surface area contributed by atoms with Gasteiger partial charge in [0.1, 0.15) is 0 Å². The lowest BCUT2D eigenvalue weighted by molar-refractivity contribution is 1.31. The van der Waals surface area contributed by atoms with Crippen molar-refractivity contribution in [2.24, 2.45) is 0 Å². The SMILES string of the molecule is c1ccc(-c2ccc3sc4c(-c5ccccc5-c5ccc(-c6cnc7c8ccccc8c8ccccc8c7n6)cc5)cc(-c5ccccc5)cc4c3c2)cc1. The first-order valence-corrected chi connectivity index (χ1v) is 19.5. The summed E-state index contributed by atoms with van der Waals surface area (Å²) in [6.45, 7) is 0. The minimum Gasteiger partial charge on any atom is -0.252 e. The van der Waals surface area contributed by atoms with Crippen LogP contribution in [0.1, 0.15) is 0 Å². The summed E-state index contributed by atoms with van der Waals surface area (Å²) in [5.74, 6) is 0. The van der Waals surface area contributed by atoms with Gasteiger partial charge in [-0.05, 0) is 74.0 Å². The van der Waals surface area contributed by atoms with E-state index in [0.29, 0.717) is 0 Å². The van der Waals surface area contributed by atoms with E-state index in [1.807, 2.05) is 17.5 Å². The van der Waals surface area contributed by atoms with E-state index in [2.05, 4.69) is 188 Å². The molecule has 2 nitrogen and oxygen atoms in total. The largest absolute Gasteiger partial charge is 0.252 e. The topological polar surface area (TPSA) is 25.8 Å². The molecular formula is C52H32N2S. The summed E-state index contributed by atoms with van der Waals surface area (Å²) in [5.41, 5.74) is 13.5. The van der Waals surface area contributed by atoms with Crippen LogP contribution in [0.25, 0.3) is 109 Å². The second-order valence-corrected chi connectivity index (χ2v) is 15.2. The third-order valence-corrected chi connectivity index (χ3v) is 12.1. The standard InChI is InChI=1S/C52H32N2S/c1-3-13-33(14-4-1)37-27-28-49-45(29-37)47-31-38(34-15-5-2-6-16-34)30-46(52(47)55-49)40-18-8-7-17-39(40)35-23-25-36(26-24-35)48-32-53-50-43-21-11-9-19-41(43)42-20-10-12-22-44(42)51(50)54-48/h1-32H. The number of benzene rings is 9. The van der Waals surface area contributed by atoms with Gasteiger partial charge in [0.25, 0.3) is 0 Å². The second-order valence-electron chi connectivity index (χ2n) is 14.1. The van der Waals surface area contributed by atoms with Crippen molar-refractivity contribution in [1.82, 2.24) is 9.97 Å². The molecule has 3 heteroatoms. The van der Waals surface area contributed by atoms with Gasteiger partial charge >= 0.3 is 0 Å². The van der Waals surface area contributed by atoms with Gasteiger partial charge in [-0.15, -0.1) is 11.3 Å². The molecule has 0 unspecified atom stereocenters. The Kier molecular flexibility index (Phi) is 7.39. The van der Waals surface area contributed by atoms with Crippen molar-refractivity contribution in [3.8, 4) is 55.8 Å². The molecule has 2 heterocycles. The number of aromatic nitrogens is 2. The Morgan fingerprint density at radius 3 is 1.58 bits per heavy atom. The van der Waals surface area contributed by atoms with Gasteiger partial charge < -0.3 is 0 Å². The molecule has 0 aliphatic rings. The lowest BCUT2D eigenvalue weighted by Gasteiger charge is -2.14. The molecule has 9 aromatic carbocycles. The van der Waals surface area contributed by atoms with E-state index in [4.69, 9.17) is 9.97 Å². The van der Waals surface area contributed by atoms with Crippen molar-refractivity contribution in [2.45, 2.75) is 0 Å². The molecule has 55 heavy (non-hydrogen) atoms. The van der Waals surface area contributed by atoms with E-state index in [1.54, 1.807) is 0 Å². The Morgan fingerprint density at radius 1 is 0.327 bits per heavy atom. The van der Waals surface area contributed by atoms with Crippen LogP contribution in [0.5, 0.6) is 0 Å². The van der Waals surface area contributed by atoms with Crippen LogP contribution in [0.15, 0.2) is 194 Å². The Hall–Kier alpha value is -6.94. The summed E-state index contributed by atoms with van der Waals surface area (Å²) < 4.78 is 2.59. The molecular weight excluding hydrogens is 685 g/mol. The van der Waals surface area contributed by atoms with Gasteiger partial charge in [-0.3, -0.25) is 4.98 Å². The highest BCUT2D eigenvalue weighted by atomic mass is 32.1. The molecule has 0 bridgehead atoms. The lowest BCUT2D eigenvalue weighted by atomic mass is 9.90. The number of fused-ring (bicyclic) bond motifs is 9. The fraction of sp³-hybridized carbons (Fsp3) is 0. The molecule has 0 fully saturated rings. The number of rotatable bonds is 5. The number of hydrogen-bond donors (Lipinski definition) is 0. The van der Waals surface area contributed by atoms with E-state index >= 15 is 0 Å². The smallest absolute Gasteiger partial charge is 0.0979 e. The minimum atomic E-state index is 0.866. The van der Waals surface area contributed by atoms with Crippen molar-refractivity contribution in [3.63, 3.8) is 0 Å². The third-order valence-electron chi connectivity index (χ3n) is 10.9. The average molecular weight is 717 g/mol. The first-order chi connectivity index (χ1) is 27.3. The summed E-state index contributed by atoms with van der Waals surface area (Å²) in [7, 11) is 0. The van der Waals surface area contributed by atoms with Gasteiger partial charge in [-0.25, -0.2) is 4.98 Å². The van der Waals surface area contributed by atoms with Crippen LogP contribution in [0.4, 0.5) is 0 Å². The van der Waals surface area contributed by atoms with Crippen molar-refractivity contribution in [2.75, 3.05) is 0 Å². The highest BCUT2D eigenvalue weighted by molar-refractivity contribution is 7.26. The highest BCUT2D eigenvalue weighted by Gasteiger charge is 2.18. The summed E-state index contributed by atoms with van der Waals surface area (Å²) in [4.78, 5) is 10.3. The zero-order chi connectivity index (χ0) is 36.3. The van der Waals surface area contributed by atoms with Crippen LogP contribution in [-0.4, -0.2) is 9.97 Å². The number of thiophene rings is 1. The maximum absolute atomic E-state index is 5.25. The normalized spacial score (nSPS) is 11.6. The molecule has 0 amide bonds. The fourth-order valence-corrected chi connectivity index (χ4v) is 9.43. The van der Waals surface area contributed by atoms with Crippen molar-refractivity contribution < 1.29 is 0 Å². The summed E-state index contributed by atoms with van der Waals surface area (Å²) in [6.07, 6.45) is 1.92. The molecule has 11 rings (SSSR count). The predicted molar refractivity (Wildman–Crippen MR) is 235 cm³/mol. The minimum absolute atomic E-state index is 0.866. The fourth-order valence-electron chi connectivity index (χ4n) is 8.24. The highest BCUT2D eigenvalue weighted by Crippen LogP contribution is 2.46. The number of hydrogen-bond acceptors (Lipinski definition) is 3. The van der Waals surface area contributed by atoms with Gasteiger partial charge in [0.05, 0.1) is 22.9 Å². The van der Waals surface area contributed by atoms with Crippen LogP contribution >= 0.6 is 11.3 Å². The van der Waals surface area contributed by atoms with Gasteiger partial charge in [0, 0.05) is 42.1 Å². The van der Waals surface area contributed by atoms with Crippen LogP contribution in [0.2, 0.25) is 0 Å². The zero-order valence-corrected chi connectivity index (χ0v) is 30.6. The molecule has 2 aromatic heterocycles. The van der Waals surface area contributed by atoms with E-state index in [-0.39, 0.29) is 0 Å². The molecule has 0 N–H and O–H groups in total. The van der Waals surface area contributed by atoms with Gasteiger partial charge in [0.2, 0.25) is 0 Å². The summed E-state index contributed by atoms with van der Waals surface area (Å²) >= 11 is 1.88. The zero-order valence-electron chi connectivity index (χ0n) is 29.8. The van der Waals surface area contributed by atoms with E-state index in [1.165, 1.54) is 69.9 Å². The van der Waals surface area contributed by atoms with Crippen molar-refractivity contribution >= 4 is 64.1 Å². The molecule has 0 atom stereocenters. The average Bonchev–Trinajstić information content (AvgIpc) is 3.65.